The van der Waals surface area contributed by atoms with Crippen LogP contribution in [0, 0.1) is 0 Å². The smallest absolute Gasteiger partial charge is 0.130 e. The lowest BCUT2D eigenvalue weighted by Crippen LogP contribution is -3.00. The SMILES string of the molecule is CC([NH2+]Cc1ccncc1)C(O)c1ccccc1.[Cl-]. The number of aliphatic hydroxyl groups is 1. The van der Waals surface area contributed by atoms with Crippen molar-refractivity contribution in [1.82, 2.24) is 4.98 Å². The number of nitrogens with zero attached hydrogens (tertiary/aromatic N) is 1. The number of aliphatic hydroxyl groups excluding tert-OH is 1. The molecule has 0 amide bonds. The van der Waals surface area contributed by atoms with Gasteiger partial charge < -0.3 is 22.8 Å². The van der Waals surface area contributed by atoms with E-state index < -0.39 is 6.10 Å². The van der Waals surface area contributed by atoms with Crippen molar-refractivity contribution >= 4 is 0 Å². The van der Waals surface area contributed by atoms with Crippen LogP contribution in [0.15, 0.2) is 54.9 Å². The monoisotopic (exact) mass is 278 g/mol. The molecule has 4 heteroatoms. The van der Waals surface area contributed by atoms with Crippen LogP contribution >= 0.6 is 0 Å². The standard InChI is InChI=1S/C15H18N2O.ClH/c1-12(15(18)14-5-3-2-4-6-14)17-11-13-7-9-16-10-8-13;/h2-10,12,15,17-18H,11H2,1H3;1H. The summed E-state index contributed by atoms with van der Waals surface area (Å²) in [5.74, 6) is 0. The van der Waals surface area contributed by atoms with Crippen molar-refractivity contribution in [3.63, 3.8) is 0 Å². The Kier molecular flexibility index (Phi) is 6.50. The van der Waals surface area contributed by atoms with Gasteiger partial charge in [-0.05, 0) is 24.6 Å². The van der Waals surface area contributed by atoms with E-state index in [9.17, 15) is 5.11 Å². The molecule has 0 spiro atoms. The average molecular weight is 279 g/mol. The predicted octanol–water partition coefficient (Wildman–Crippen LogP) is -1.73. The van der Waals surface area contributed by atoms with Crippen LogP contribution in [0.5, 0.6) is 0 Å². The van der Waals surface area contributed by atoms with Crippen molar-refractivity contribution in [3.8, 4) is 0 Å². The van der Waals surface area contributed by atoms with Crippen LogP contribution in [0.1, 0.15) is 24.2 Å². The highest BCUT2D eigenvalue weighted by molar-refractivity contribution is 5.18. The average Bonchev–Trinajstić information content (AvgIpc) is 2.46. The van der Waals surface area contributed by atoms with Gasteiger partial charge in [-0.15, -0.1) is 0 Å². The predicted molar refractivity (Wildman–Crippen MR) is 70.7 cm³/mol. The van der Waals surface area contributed by atoms with Crippen molar-refractivity contribution in [1.29, 1.82) is 0 Å². The van der Waals surface area contributed by atoms with Crippen LogP contribution in [-0.2, 0) is 6.54 Å². The maximum absolute atomic E-state index is 10.2. The molecule has 2 unspecified atom stereocenters. The Hall–Kier alpha value is -1.42. The van der Waals surface area contributed by atoms with E-state index in [0.717, 1.165) is 12.1 Å². The molecule has 0 bridgehead atoms. The van der Waals surface area contributed by atoms with Crippen molar-refractivity contribution in [3.05, 3.63) is 66.0 Å². The number of halogens is 1. The highest BCUT2D eigenvalue weighted by Crippen LogP contribution is 2.13. The van der Waals surface area contributed by atoms with Crippen LogP contribution in [0.2, 0.25) is 0 Å². The Bertz CT molecular complexity index is 464. The van der Waals surface area contributed by atoms with Crippen LogP contribution in [-0.4, -0.2) is 16.1 Å². The van der Waals surface area contributed by atoms with E-state index in [0.29, 0.717) is 0 Å². The fourth-order valence-electron chi connectivity index (χ4n) is 1.92. The summed E-state index contributed by atoms with van der Waals surface area (Å²) in [5.41, 5.74) is 2.19. The number of pyridine rings is 1. The molecule has 0 aliphatic heterocycles. The molecular formula is C15H19ClN2O. The van der Waals surface area contributed by atoms with Crippen LogP contribution in [0.3, 0.4) is 0 Å². The summed E-state index contributed by atoms with van der Waals surface area (Å²) in [7, 11) is 0. The third-order valence-electron chi connectivity index (χ3n) is 3.11. The summed E-state index contributed by atoms with van der Waals surface area (Å²) < 4.78 is 0. The first kappa shape index (κ1) is 15.6. The number of quaternary nitrogens is 1. The largest absolute Gasteiger partial charge is 1.00 e. The molecular weight excluding hydrogens is 260 g/mol. The van der Waals surface area contributed by atoms with Gasteiger partial charge in [0, 0.05) is 18.0 Å². The summed E-state index contributed by atoms with van der Waals surface area (Å²) in [4.78, 5) is 3.99. The van der Waals surface area contributed by atoms with Gasteiger partial charge in [-0.2, -0.15) is 0 Å². The number of aromatic nitrogens is 1. The van der Waals surface area contributed by atoms with Gasteiger partial charge in [-0.1, -0.05) is 30.3 Å². The summed E-state index contributed by atoms with van der Waals surface area (Å²) in [6.07, 6.45) is 3.15. The minimum atomic E-state index is -0.437. The first-order valence-corrected chi connectivity index (χ1v) is 6.22. The Labute approximate surface area is 120 Å². The van der Waals surface area contributed by atoms with Gasteiger partial charge in [0.15, 0.2) is 0 Å². The van der Waals surface area contributed by atoms with E-state index in [1.54, 1.807) is 12.4 Å². The summed E-state index contributed by atoms with van der Waals surface area (Å²) in [6, 6.07) is 13.9. The second kappa shape index (κ2) is 7.89. The molecule has 3 N–H and O–H groups in total. The number of hydrogen-bond donors (Lipinski definition) is 2. The number of rotatable bonds is 5. The Morgan fingerprint density at radius 1 is 1.11 bits per heavy atom. The molecule has 102 valence electrons. The van der Waals surface area contributed by atoms with Gasteiger partial charge in [-0.3, -0.25) is 4.98 Å². The lowest BCUT2D eigenvalue weighted by Gasteiger charge is -2.17. The van der Waals surface area contributed by atoms with Gasteiger partial charge in [-0.25, -0.2) is 0 Å². The number of hydrogen-bond acceptors (Lipinski definition) is 2. The molecule has 1 aromatic heterocycles. The second-order valence-corrected chi connectivity index (χ2v) is 4.51. The fourth-order valence-corrected chi connectivity index (χ4v) is 1.92. The molecule has 1 aromatic carbocycles. The van der Waals surface area contributed by atoms with E-state index in [2.05, 4.69) is 10.3 Å². The van der Waals surface area contributed by atoms with Gasteiger partial charge in [0.1, 0.15) is 18.7 Å². The van der Waals surface area contributed by atoms with E-state index >= 15 is 0 Å². The normalized spacial score (nSPS) is 13.4. The quantitative estimate of drug-likeness (QED) is 0.683. The third-order valence-corrected chi connectivity index (χ3v) is 3.11. The molecule has 0 saturated heterocycles. The molecule has 0 radical (unpaired) electrons. The van der Waals surface area contributed by atoms with Gasteiger partial charge in [0.2, 0.25) is 0 Å². The highest BCUT2D eigenvalue weighted by atomic mass is 35.5. The summed E-state index contributed by atoms with van der Waals surface area (Å²) >= 11 is 0. The second-order valence-electron chi connectivity index (χ2n) is 4.51. The van der Waals surface area contributed by atoms with E-state index in [4.69, 9.17) is 0 Å². The van der Waals surface area contributed by atoms with Gasteiger partial charge in [0.25, 0.3) is 0 Å². The highest BCUT2D eigenvalue weighted by Gasteiger charge is 2.18. The van der Waals surface area contributed by atoms with E-state index in [-0.39, 0.29) is 18.4 Å². The summed E-state index contributed by atoms with van der Waals surface area (Å²) in [6.45, 7) is 2.90. The zero-order valence-electron chi connectivity index (χ0n) is 10.9. The molecule has 3 nitrogen and oxygen atoms in total. The van der Waals surface area contributed by atoms with Gasteiger partial charge in [0.05, 0.1) is 0 Å². The third kappa shape index (κ3) is 4.63. The van der Waals surface area contributed by atoms with Crippen molar-refractivity contribution in [2.45, 2.75) is 25.6 Å². The maximum Gasteiger partial charge on any atom is 0.130 e. The fraction of sp³-hybridized carbons (Fsp3) is 0.267. The first-order valence-electron chi connectivity index (χ1n) is 6.22. The number of benzene rings is 1. The van der Waals surface area contributed by atoms with Crippen LogP contribution < -0.4 is 17.7 Å². The Balaban J connectivity index is 0.00000180. The zero-order chi connectivity index (χ0) is 12.8. The van der Waals surface area contributed by atoms with Crippen LogP contribution in [0.25, 0.3) is 0 Å². The topological polar surface area (TPSA) is 49.7 Å². The van der Waals surface area contributed by atoms with Crippen molar-refractivity contribution in [2.75, 3.05) is 0 Å². The van der Waals surface area contributed by atoms with Crippen molar-refractivity contribution in [2.24, 2.45) is 0 Å². The lowest BCUT2D eigenvalue weighted by molar-refractivity contribution is -0.709. The molecule has 1 heterocycles. The first-order chi connectivity index (χ1) is 8.77. The van der Waals surface area contributed by atoms with E-state index in [1.165, 1.54) is 5.56 Å². The minimum absolute atomic E-state index is 0. The molecule has 2 aromatic rings. The molecule has 0 aliphatic rings. The minimum Gasteiger partial charge on any atom is -1.00 e. The lowest BCUT2D eigenvalue weighted by atomic mass is 10.0. The van der Waals surface area contributed by atoms with E-state index in [1.807, 2.05) is 49.4 Å². The molecule has 19 heavy (non-hydrogen) atoms. The van der Waals surface area contributed by atoms with Crippen molar-refractivity contribution < 1.29 is 22.8 Å². The van der Waals surface area contributed by atoms with Gasteiger partial charge >= 0.3 is 0 Å². The summed E-state index contributed by atoms with van der Waals surface area (Å²) in [5, 5.41) is 12.4. The molecule has 2 rings (SSSR count). The molecule has 0 saturated carbocycles. The van der Waals surface area contributed by atoms with Crippen LogP contribution in [0.4, 0.5) is 0 Å². The Morgan fingerprint density at radius 3 is 2.37 bits per heavy atom. The molecule has 0 fully saturated rings. The number of nitrogens with two attached hydrogens (primary N) is 1. The molecule has 2 atom stereocenters. The Morgan fingerprint density at radius 2 is 1.74 bits per heavy atom. The molecule has 0 aliphatic carbocycles. The maximum atomic E-state index is 10.2. The zero-order valence-corrected chi connectivity index (χ0v) is 11.7.